The fourth-order valence-electron chi connectivity index (χ4n) is 5.82. The predicted octanol–water partition coefficient (Wildman–Crippen LogP) is 5.28. The molecule has 5 aromatic rings. The van der Waals surface area contributed by atoms with Crippen LogP contribution in [0, 0.1) is 12.7 Å². The Hall–Kier alpha value is -4.99. The van der Waals surface area contributed by atoms with Crippen LogP contribution in [0.3, 0.4) is 0 Å². The molecule has 0 bridgehead atoms. The lowest BCUT2D eigenvalue weighted by molar-refractivity contribution is -0.131. The summed E-state index contributed by atoms with van der Waals surface area (Å²) in [6, 6.07) is 22.3. The molecule has 2 N–H and O–H groups in total. The highest BCUT2D eigenvalue weighted by Crippen LogP contribution is 2.30. The molecule has 1 fully saturated rings. The maximum atomic E-state index is 15.0. The lowest BCUT2D eigenvalue weighted by atomic mass is 10.0. The van der Waals surface area contributed by atoms with Crippen LogP contribution in [0.2, 0.25) is 0 Å². The first-order valence-corrected chi connectivity index (χ1v) is 14.5. The average molecular weight is 598 g/mol. The average Bonchev–Trinajstić information content (AvgIpc) is 3.52. The molecule has 1 aliphatic heterocycles. The van der Waals surface area contributed by atoms with Crippen LogP contribution < -0.4 is 15.4 Å². The normalized spacial score (nSPS) is 16.4. The van der Waals surface area contributed by atoms with E-state index in [1.807, 2.05) is 60.0 Å². The Balaban J connectivity index is 1.14. The van der Waals surface area contributed by atoms with E-state index in [9.17, 15) is 18.4 Å². The van der Waals surface area contributed by atoms with Gasteiger partial charge < -0.3 is 24.8 Å². The van der Waals surface area contributed by atoms with E-state index in [1.54, 1.807) is 25.3 Å². The number of likely N-dealkylation sites (tertiary alicyclic amines) is 1. The summed E-state index contributed by atoms with van der Waals surface area (Å²) in [5.41, 5.74) is 4.99. The van der Waals surface area contributed by atoms with Crippen LogP contribution in [0.1, 0.15) is 22.5 Å². The molecule has 2 atom stereocenters. The van der Waals surface area contributed by atoms with E-state index in [0.29, 0.717) is 17.6 Å². The zero-order valence-corrected chi connectivity index (χ0v) is 24.5. The molecule has 10 heteroatoms. The number of nitrogens with one attached hydrogen (secondary N) is 2. The van der Waals surface area contributed by atoms with Crippen molar-refractivity contribution in [3.63, 3.8) is 0 Å². The molecule has 1 aliphatic rings. The number of rotatable bonds is 8. The van der Waals surface area contributed by atoms with Gasteiger partial charge in [-0.2, -0.15) is 0 Å². The van der Waals surface area contributed by atoms with Crippen molar-refractivity contribution < 1.29 is 23.1 Å². The number of ether oxygens (including phenoxy) is 1. The van der Waals surface area contributed by atoms with E-state index in [0.717, 1.165) is 38.9 Å². The minimum absolute atomic E-state index is 0.0395. The SMILES string of the molecule is COc1ccc(CNC(=O)N[C@@H]2CN(C(=O)Cn3c(C)c(Cc4ccc5ccccc5n4)c4cc(F)ccc43)C[C@H]2F)cc1. The Bertz CT molecular complexity index is 1840. The van der Waals surface area contributed by atoms with Crippen molar-refractivity contribution in [1.82, 2.24) is 25.1 Å². The maximum absolute atomic E-state index is 15.0. The number of methoxy groups -OCH3 is 1. The number of benzene rings is 3. The number of carbonyl (C=O) groups is 2. The number of aromatic nitrogens is 2. The molecular formula is C34H33F2N5O3. The Morgan fingerprint density at radius 2 is 1.82 bits per heavy atom. The van der Waals surface area contributed by atoms with E-state index in [1.165, 1.54) is 17.0 Å². The summed E-state index contributed by atoms with van der Waals surface area (Å²) < 4.78 is 36.4. The maximum Gasteiger partial charge on any atom is 0.315 e. The lowest BCUT2D eigenvalue weighted by Gasteiger charge is -2.18. The minimum atomic E-state index is -1.41. The van der Waals surface area contributed by atoms with Gasteiger partial charge in [0, 0.05) is 47.2 Å². The van der Waals surface area contributed by atoms with Gasteiger partial charge in [0.1, 0.15) is 24.3 Å². The topological polar surface area (TPSA) is 88.5 Å². The van der Waals surface area contributed by atoms with E-state index < -0.39 is 18.2 Å². The summed E-state index contributed by atoms with van der Waals surface area (Å²) in [5.74, 6) is 0.0607. The number of pyridine rings is 1. The van der Waals surface area contributed by atoms with Crippen molar-refractivity contribution in [2.75, 3.05) is 20.2 Å². The largest absolute Gasteiger partial charge is 0.497 e. The summed E-state index contributed by atoms with van der Waals surface area (Å²) in [6.45, 7) is 2.06. The Kier molecular flexibility index (Phi) is 8.15. The summed E-state index contributed by atoms with van der Waals surface area (Å²) in [5, 5.41) is 7.14. The van der Waals surface area contributed by atoms with E-state index in [4.69, 9.17) is 9.72 Å². The standard InChI is InChI=1S/C34H33F2N5O3/c1-21-27(16-25-11-9-23-5-3-4-6-30(23)38-25)28-15-24(35)10-14-32(28)41(21)20-33(42)40-18-29(36)31(19-40)39-34(43)37-17-22-7-12-26(44-2)13-8-22/h3-15,29,31H,16-20H2,1-2H3,(H2,37,39,43)/t29-,31-/m1/s1. The first-order chi connectivity index (χ1) is 21.3. The van der Waals surface area contributed by atoms with E-state index >= 15 is 0 Å². The van der Waals surface area contributed by atoms with Crippen molar-refractivity contribution in [3.8, 4) is 5.75 Å². The van der Waals surface area contributed by atoms with Crippen molar-refractivity contribution in [2.24, 2.45) is 0 Å². The van der Waals surface area contributed by atoms with Gasteiger partial charge in [-0.3, -0.25) is 9.78 Å². The van der Waals surface area contributed by atoms with Crippen LogP contribution in [0.5, 0.6) is 5.75 Å². The number of hydrogen-bond acceptors (Lipinski definition) is 4. The molecule has 0 aliphatic carbocycles. The third-order valence-electron chi connectivity index (χ3n) is 8.25. The monoisotopic (exact) mass is 597 g/mol. The van der Waals surface area contributed by atoms with Gasteiger partial charge in [-0.15, -0.1) is 0 Å². The molecule has 0 saturated carbocycles. The minimum Gasteiger partial charge on any atom is -0.497 e. The fraction of sp³-hybridized carbons (Fsp3) is 0.265. The highest BCUT2D eigenvalue weighted by molar-refractivity contribution is 5.88. The number of para-hydroxylation sites is 1. The summed E-state index contributed by atoms with van der Waals surface area (Å²) in [6.07, 6.45) is -0.942. The molecule has 6 rings (SSSR count). The van der Waals surface area contributed by atoms with Crippen LogP contribution in [0.4, 0.5) is 13.6 Å². The molecule has 3 aromatic carbocycles. The Labute approximate surface area is 253 Å². The molecule has 1 saturated heterocycles. The summed E-state index contributed by atoms with van der Waals surface area (Å²) >= 11 is 0. The molecular weight excluding hydrogens is 564 g/mol. The van der Waals surface area contributed by atoms with Crippen molar-refractivity contribution in [3.05, 3.63) is 107 Å². The molecule has 0 radical (unpaired) electrons. The second-order valence-corrected chi connectivity index (χ2v) is 11.1. The molecule has 0 spiro atoms. The zero-order chi connectivity index (χ0) is 30.8. The first kappa shape index (κ1) is 29.1. The molecule has 3 amide bonds. The fourth-order valence-corrected chi connectivity index (χ4v) is 5.82. The van der Waals surface area contributed by atoms with Gasteiger partial charge in [0.05, 0.1) is 25.2 Å². The van der Waals surface area contributed by atoms with Gasteiger partial charge in [0.25, 0.3) is 0 Å². The van der Waals surface area contributed by atoms with Crippen molar-refractivity contribution in [1.29, 1.82) is 0 Å². The quantitative estimate of drug-likeness (QED) is 0.255. The third-order valence-corrected chi connectivity index (χ3v) is 8.25. The molecule has 0 unspecified atom stereocenters. The lowest BCUT2D eigenvalue weighted by Crippen LogP contribution is -2.46. The molecule has 2 aromatic heterocycles. The number of halogens is 2. The molecule has 44 heavy (non-hydrogen) atoms. The van der Waals surface area contributed by atoms with Crippen LogP contribution >= 0.6 is 0 Å². The number of alkyl halides is 1. The first-order valence-electron chi connectivity index (χ1n) is 14.5. The van der Waals surface area contributed by atoms with Gasteiger partial charge in [-0.05, 0) is 60.5 Å². The van der Waals surface area contributed by atoms with Crippen LogP contribution in [-0.4, -0.2) is 58.8 Å². The number of amides is 3. The number of hydrogen-bond donors (Lipinski definition) is 2. The van der Waals surface area contributed by atoms with Crippen LogP contribution in [0.15, 0.2) is 78.9 Å². The third kappa shape index (κ3) is 6.06. The second kappa shape index (κ2) is 12.3. The number of fused-ring (bicyclic) bond motifs is 2. The van der Waals surface area contributed by atoms with Gasteiger partial charge in [0.15, 0.2) is 0 Å². The van der Waals surface area contributed by atoms with Crippen LogP contribution in [-0.2, 0) is 24.3 Å². The molecule has 3 heterocycles. The van der Waals surface area contributed by atoms with Crippen molar-refractivity contribution in [2.45, 2.75) is 38.6 Å². The van der Waals surface area contributed by atoms with Crippen molar-refractivity contribution >= 4 is 33.7 Å². The Morgan fingerprint density at radius 1 is 1.02 bits per heavy atom. The smallest absolute Gasteiger partial charge is 0.315 e. The predicted molar refractivity (Wildman–Crippen MR) is 165 cm³/mol. The van der Waals surface area contributed by atoms with E-state index in [-0.39, 0.29) is 37.9 Å². The van der Waals surface area contributed by atoms with Gasteiger partial charge in [-0.25, -0.2) is 13.6 Å². The van der Waals surface area contributed by atoms with Crippen LogP contribution in [0.25, 0.3) is 21.8 Å². The second-order valence-electron chi connectivity index (χ2n) is 11.1. The summed E-state index contributed by atoms with van der Waals surface area (Å²) in [4.78, 5) is 32.2. The zero-order valence-electron chi connectivity index (χ0n) is 24.5. The highest BCUT2D eigenvalue weighted by Gasteiger charge is 2.36. The molecule has 226 valence electrons. The van der Waals surface area contributed by atoms with E-state index in [2.05, 4.69) is 10.6 Å². The highest BCUT2D eigenvalue weighted by atomic mass is 19.1. The number of urea groups is 1. The summed E-state index contributed by atoms with van der Waals surface area (Å²) in [7, 11) is 1.58. The van der Waals surface area contributed by atoms with Gasteiger partial charge >= 0.3 is 6.03 Å². The molecule has 8 nitrogen and oxygen atoms in total. The Morgan fingerprint density at radius 3 is 2.61 bits per heavy atom. The van der Waals surface area contributed by atoms with Gasteiger partial charge in [-0.1, -0.05) is 36.4 Å². The number of nitrogens with zero attached hydrogens (tertiary/aromatic N) is 3. The van der Waals surface area contributed by atoms with Gasteiger partial charge in [0.2, 0.25) is 5.91 Å². The number of carbonyl (C=O) groups excluding carboxylic acids is 2.